The van der Waals surface area contributed by atoms with E-state index in [9.17, 15) is 4.79 Å². The van der Waals surface area contributed by atoms with Crippen LogP contribution in [0.1, 0.15) is 25.9 Å². The van der Waals surface area contributed by atoms with Crippen LogP contribution in [0.4, 0.5) is 0 Å². The molecule has 5 heteroatoms. The third-order valence-corrected chi connectivity index (χ3v) is 4.52. The fourth-order valence-corrected chi connectivity index (χ4v) is 3.13. The van der Waals surface area contributed by atoms with E-state index in [0.29, 0.717) is 24.6 Å². The van der Waals surface area contributed by atoms with Gasteiger partial charge in [-0.3, -0.25) is 4.79 Å². The average Bonchev–Trinajstić information content (AvgIpc) is 2.94. The van der Waals surface area contributed by atoms with Crippen LogP contribution in [0.2, 0.25) is 0 Å². The van der Waals surface area contributed by atoms with E-state index in [1.54, 1.807) is 17.1 Å². The Bertz CT molecular complexity index is 709. The lowest BCUT2D eigenvalue weighted by Gasteiger charge is -2.18. The van der Waals surface area contributed by atoms with Crippen LogP contribution in [-0.2, 0) is 6.61 Å². The van der Waals surface area contributed by atoms with E-state index in [1.165, 1.54) is 16.9 Å². The molecule has 0 unspecified atom stereocenters. The molecule has 1 heterocycles. The van der Waals surface area contributed by atoms with Crippen LogP contribution < -0.4 is 4.74 Å². The molecule has 24 heavy (non-hydrogen) atoms. The molecule has 0 radical (unpaired) electrons. The quantitative estimate of drug-likeness (QED) is 0.677. The van der Waals surface area contributed by atoms with Crippen molar-refractivity contribution in [3.8, 4) is 5.75 Å². The third-order valence-electron chi connectivity index (χ3n) is 3.40. The largest absolute Gasteiger partial charge is 0.486 e. The number of hydrogen-bond donors (Lipinski definition) is 0. The van der Waals surface area contributed by atoms with Gasteiger partial charge in [-0.2, -0.15) is 0 Å². The summed E-state index contributed by atoms with van der Waals surface area (Å²) < 4.78 is 5.74. The summed E-state index contributed by atoms with van der Waals surface area (Å²) in [5, 5.41) is 0.786. The molecule has 1 aromatic carbocycles. The van der Waals surface area contributed by atoms with Crippen molar-refractivity contribution < 1.29 is 9.53 Å². The van der Waals surface area contributed by atoms with E-state index in [4.69, 9.17) is 4.74 Å². The highest BCUT2D eigenvalue weighted by atomic mass is 32.1. The van der Waals surface area contributed by atoms with Gasteiger partial charge in [-0.1, -0.05) is 29.8 Å². The number of thiazole rings is 1. The molecular weight excluding hydrogens is 320 g/mol. The van der Waals surface area contributed by atoms with Crippen LogP contribution in [0, 0.1) is 13.8 Å². The van der Waals surface area contributed by atoms with Crippen LogP contribution in [0.25, 0.3) is 0 Å². The lowest BCUT2D eigenvalue weighted by atomic mass is 10.2. The Morgan fingerprint density at radius 2 is 1.83 bits per heavy atom. The predicted molar refractivity (Wildman–Crippen MR) is 98.7 cm³/mol. The zero-order chi connectivity index (χ0) is 17.5. The molecule has 0 N–H and O–H groups in total. The molecule has 2 rings (SSSR count). The zero-order valence-corrected chi connectivity index (χ0v) is 14.9. The Morgan fingerprint density at radius 1 is 1.21 bits per heavy atom. The second-order valence-corrected chi connectivity index (χ2v) is 6.49. The maximum atomic E-state index is 12.6. The number of aromatic nitrogens is 1. The van der Waals surface area contributed by atoms with Crippen molar-refractivity contribution in [2.75, 3.05) is 13.1 Å². The fourth-order valence-electron chi connectivity index (χ4n) is 2.19. The van der Waals surface area contributed by atoms with Gasteiger partial charge in [0.2, 0.25) is 0 Å². The normalized spacial score (nSPS) is 10.2. The van der Waals surface area contributed by atoms with E-state index in [0.717, 1.165) is 16.5 Å². The molecule has 0 aliphatic heterocycles. The molecule has 1 aromatic heterocycles. The first-order valence-electron chi connectivity index (χ1n) is 7.72. The van der Waals surface area contributed by atoms with Gasteiger partial charge in [0.1, 0.15) is 22.2 Å². The van der Waals surface area contributed by atoms with Crippen molar-refractivity contribution in [2.24, 2.45) is 0 Å². The molecule has 0 fully saturated rings. The lowest BCUT2D eigenvalue weighted by Crippen LogP contribution is -2.31. The van der Waals surface area contributed by atoms with Gasteiger partial charge in [-0.15, -0.1) is 24.5 Å². The Hall–Kier alpha value is -2.40. The number of benzene rings is 1. The number of amides is 1. The van der Waals surface area contributed by atoms with Crippen molar-refractivity contribution in [3.05, 3.63) is 70.7 Å². The van der Waals surface area contributed by atoms with Gasteiger partial charge in [0.15, 0.2) is 0 Å². The van der Waals surface area contributed by atoms with Crippen LogP contribution in [0.5, 0.6) is 5.75 Å². The molecule has 4 nitrogen and oxygen atoms in total. The van der Waals surface area contributed by atoms with Crippen molar-refractivity contribution in [3.63, 3.8) is 0 Å². The molecule has 1 amide bonds. The maximum absolute atomic E-state index is 12.6. The molecule has 0 saturated heterocycles. The second-order valence-electron chi connectivity index (χ2n) is 5.41. The van der Waals surface area contributed by atoms with Gasteiger partial charge < -0.3 is 9.64 Å². The summed E-state index contributed by atoms with van der Waals surface area (Å²) in [4.78, 5) is 19.4. The van der Waals surface area contributed by atoms with Crippen molar-refractivity contribution in [1.29, 1.82) is 0 Å². The van der Waals surface area contributed by atoms with Gasteiger partial charge in [-0.25, -0.2) is 4.98 Å². The van der Waals surface area contributed by atoms with Gasteiger partial charge in [-0.05, 0) is 26.0 Å². The van der Waals surface area contributed by atoms with Gasteiger partial charge in [0.25, 0.3) is 5.91 Å². The van der Waals surface area contributed by atoms with Crippen molar-refractivity contribution in [2.45, 2.75) is 20.5 Å². The number of nitrogens with zero attached hydrogens (tertiary/aromatic N) is 2. The number of carbonyl (C=O) groups excluding carboxylic acids is 1. The van der Waals surface area contributed by atoms with E-state index in [2.05, 4.69) is 18.1 Å². The number of ether oxygens (including phenoxy) is 1. The maximum Gasteiger partial charge on any atom is 0.266 e. The molecule has 126 valence electrons. The highest BCUT2D eigenvalue weighted by molar-refractivity contribution is 7.13. The van der Waals surface area contributed by atoms with E-state index in [-0.39, 0.29) is 5.91 Å². The summed E-state index contributed by atoms with van der Waals surface area (Å²) >= 11 is 1.37. The molecule has 0 atom stereocenters. The highest BCUT2D eigenvalue weighted by Gasteiger charge is 2.20. The molecule has 2 aromatic rings. The standard InChI is InChI=1S/C19H22N2O2S/c1-5-11-21(12-6-2)19(22)18-15(4)20-17(24-18)13-23-16-9-7-14(3)8-10-16/h5-10H,1-2,11-13H2,3-4H3. The van der Waals surface area contributed by atoms with Crippen LogP contribution >= 0.6 is 11.3 Å². The van der Waals surface area contributed by atoms with E-state index in [1.807, 2.05) is 38.1 Å². The minimum Gasteiger partial charge on any atom is -0.486 e. The van der Waals surface area contributed by atoms with Crippen LogP contribution in [-0.4, -0.2) is 28.9 Å². The smallest absolute Gasteiger partial charge is 0.266 e. The summed E-state index contributed by atoms with van der Waals surface area (Å²) in [5.74, 6) is 0.743. The molecule has 0 spiro atoms. The molecule has 0 saturated carbocycles. The van der Waals surface area contributed by atoms with E-state index >= 15 is 0 Å². The zero-order valence-electron chi connectivity index (χ0n) is 14.1. The average molecular weight is 342 g/mol. The Morgan fingerprint density at radius 3 is 2.42 bits per heavy atom. The molecule has 0 aliphatic carbocycles. The second kappa shape index (κ2) is 8.45. The monoisotopic (exact) mass is 342 g/mol. The van der Waals surface area contributed by atoms with Gasteiger partial charge >= 0.3 is 0 Å². The summed E-state index contributed by atoms with van der Waals surface area (Å²) in [6.07, 6.45) is 3.42. The SMILES string of the molecule is C=CCN(CC=C)C(=O)c1sc(COc2ccc(C)cc2)nc1C. The lowest BCUT2D eigenvalue weighted by molar-refractivity contribution is 0.0794. The number of aryl methyl sites for hydroxylation is 2. The van der Waals surface area contributed by atoms with Crippen molar-refractivity contribution >= 4 is 17.2 Å². The fraction of sp³-hybridized carbons (Fsp3) is 0.263. The number of carbonyl (C=O) groups is 1. The minimum atomic E-state index is -0.0496. The summed E-state index contributed by atoms with van der Waals surface area (Å²) in [6, 6.07) is 7.86. The van der Waals surface area contributed by atoms with E-state index < -0.39 is 0 Å². The molecule has 0 aliphatic rings. The topological polar surface area (TPSA) is 42.4 Å². The van der Waals surface area contributed by atoms with Gasteiger partial charge in [0.05, 0.1) is 5.69 Å². The number of hydrogen-bond acceptors (Lipinski definition) is 4. The summed E-state index contributed by atoms with van der Waals surface area (Å²) in [7, 11) is 0. The predicted octanol–water partition coefficient (Wildman–Crippen LogP) is 4.15. The minimum absolute atomic E-state index is 0.0496. The third kappa shape index (κ3) is 4.55. The van der Waals surface area contributed by atoms with Crippen LogP contribution in [0.15, 0.2) is 49.6 Å². The van der Waals surface area contributed by atoms with Gasteiger partial charge in [0, 0.05) is 13.1 Å². The Kier molecular flexibility index (Phi) is 6.32. The first-order valence-corrected chi connectivity index (χ1v) is 8.53. The molecular formula is C19H22N2O2S. The summed E-state index contributed by atoms with van der Waals surface area (Å²) in [6.45, 7) is 12.6. The first kappa shape index (κ1) is 17.9. The Labute approximate surface area is 147 Å². The van der Waals surface area contributed by atoms with Crippen LogP contribution in [0.3, 0.4) is 0 Å². The molecule has 0 bridgehead atoms. The first-order chi connectivity index (χ1) is 11.5. The number of rotatable bonds is 8. The highest BCUT2D eigenvalue weighted by Crippen LogP contribution is 2.22. The Balaban J connectivity index is 2.08. The van der Waals surface area contributed by atoms with Crippen molar-refractivity contribution in [1.82, 2.24) is 9.88 Å². The summed E-state index contributed by atoms with van der Waals surface area (Å²) in [5.41, 5.74) is 1.91.